The number of nitrogens with zero attached hydrogens (tertiary/aromatic N) is 2. The van der Waals surface area contributed by atoms with E-state index in [1.54, 1.807) is 25.1 Å². The molecule has 23 heavy (non-hydrogen) atoms. The summed E-state index contributed by atoms with van der Waals surface area (Å²) in [6.45, 7) is 1.81. The first-order chi connectivity index (χ1) is 10.9. The molecule has 7 heteroatoms. The average Bonchev–Trinajstić information content (AvgIpc) is 2.90. The summed E-state index contributed by atoms with van der Waals surface area (Å²) in [5.74, 6) is -1.18. The molecule has 2 N–H and O–H groups in total. The Morgan fingerprint density at radius 1 is 1.22 bits per heavy atom. The molecule has 0 aliphatic carbocycles. The summed E-state index contributed by atoms with van der Waals surface area (Å²) in [7, 11) is 2.51. The van der Waals surface area contributed by atoms with Gasteiger partial charge in [0.15, 0.2) is 5.69 Å². The summed E-state index contributed by atoms with van der Waals surface area (Å²) in [6, 6.07) is 6.82. The zero-order valence-electron chi connectivity index (χ0n) is 12.9. The number of methoxy groups -OCH3 is 2. The van der Waals surface area contributed by atoms with Gasteiger partial charge in [-0.05, 0) is 24.6 Å². The summed E-state index contributed by atoms with van der Waals surface area (Å²) in [5.41, 5.74) is 7.70. The van der Waals surface area contributed by atoms with E-state index < -0.39 is 11.9 Å². The first-order valence-corrected chi connectivity index (χ1v) is 6.63. The lowest BCUT2D eigenvalue weighted by Crippen LogP contribution is -2.12. The van der Waals surface area contributed by atoms with E-state index in [0.717, 1.165) is 5.56 Å². The molecule has 0 saturated carbocycles. The molecule has 0 fully saturated rings. The number of aromatic nitrogens is 1. The van der Waals surface area contributed by atoms with Crippen molar-refractivity contribution in [3.63, 3.8) is 0 Å². The molecule has 0 radical (unpaired) electrons. The maximum absolute atomic E-state index is 12.0. The Bertz CT molecular complexity index is 831. The second kappa shape index (κ2) is 6.23. The molecule has 0 amide bonds. The van der Waals surface area contributed by atoms with Crippen molar-refractivity contribution >= 4 is 17.6 Å². The summed E-state index contributed by atoms with van der Waals surface area (Å²) < 4.78 is 10.9. The second-order valence-corrected chi connectivity index (χ2v) is 4.77. The SMILES string of the molecule is COC(=O)c1ccc(C)c(-n2cc(C#N)c(N)c2C(=O)OC)c1. The lowest BCUT2D eigenvalue weighted by atomic mass is 10.1. The first-order valence-electron chi connectivity index (χ1n) is 6.63. The summed E-state index contributed by atoms with van der Waals surface area (Å²) in [6.07, 6.45) is 1.44. The number of carbonyl (C=O) groups is 2. The number of nitrogen functional groups attached to an aromatic ring is 1. The summed E-state index contributed by atoms with van der Waals surface area (Å²) in [5, 5.41) is 9.14. The first kappa shape index (κ1) is 16.1. The molecule has 0 bridgehead atoms. The molecule has 1 aromatic heterocycles. The Balaban J connectivity index is 2.74. The van der Waals surface area contributed by atoms with Gasteiger partial charge in [-0.25, -0.2) is 9.59 Å². The van der Waals surface area contributed by atoms with Gasteiger partial charge in [0.2, 0.25) is 0 Å². The summed E-state index contributed by atoms with van der Waals surface area (Å²) in [4.78, 5) is 23.7. The highest BCUT2D eigenvalue weighted by molar-refractivity contribution is 5.96. The van der Waals surface area contributed by atoms with Gasteiger partial charge in [0.1, 0.15) is 6.07 Å². The smallest absolute Gasteiger partial charge is 0.357 e. The van der Waals surface area contributed by atoms with Gasteiger partial charge in [-0.1, -0.05) is 6.07 Å². The molecule has 7 nitrogen and oxygen atoms in total. The Kier molecular flexibility index (Phi) is 4.37. The van der Waals surface area contributed by atoms with Crippen molar-refractivity contribution in [1.82, 2.24) is 4.57 Å². The number of benzene rings is 1. The average molecular weight is 313 g/mol. The monoisotopic (exact) mass is 313 g/mol. The van der Waals surface area contributed by atoms with Crippen LogP contribution in [-0.4, -0.2) is 30.7 Å². The fourth-order valence-electron chi connectivity index (χ4n) is 2.22. The van der Waals surface area contributed by atoms with E-state index in [2.05, 4.69) is 0 Å². The zero-order valence-corrected chi connectivity index (χ0v) is 12.9. The van der Waals surface area contributed by atoms with Crippen molar-refractivity contribution in [3.05, 3.63) is 46.8 Å². The predicted octanol–water partition coefficient (Wildman–Crippen LogP) is 1.81. The van der Waals surface area contributed by atoms with E-state index in [0.29, 0.717) is 11.3 Å². The molecule has 118 valence electrons. The zero-order chi connectivity index (χ0) is 17.1. The van der Waals surface area contributed by atoms with Gasteiger partial charge in [-0.15, -0.1) is 0 Å². The van der Waals surface area contributed by atoms with Crippen LogP contribution >= 0.6 is 0 Å². The third-order valence-corrected chi connectivity index (χ3v) is 3.43. The third-order valence-electron chi connectivity index (χ3n) is 3.43. The van der Waals surface area contributed by atoms with Gasteiger partial charge < -0.3 is 19.8 Å². The molecule has 0 aliphatic rings. The largest absolute Gasteiger partial charge is 0.465 e. The molecule has 0 unspecified atom stereocenters. The highest BCUT2D eigenvalue weighted by Crippen LogP contribution is 2.27. The van der Waals surface area contributed by atoms with Gasteiger partial charge in [-0.2, -0.15) is 5.26 Å². The third kappa shape index (κ3) is 2.74. The minimum atomic E-state index is -0.674. The molecule has 0 saturated heterocycles. The lowest BCUT2D eigenvalue weighted by Gasteiger charge is -2.12. The van der Waals surface area contributed by atoms with Gasteiger partial charge in [0.05, 0.1) is 31.0 Å². The van der Waals surface area contributed by atoms with E-state index >= 15 is 0 Å². The van der Waals surface area contributed by atoms with Crippen molar-refractivity contribution in [3.8, 4) is 11.8 Å². The Hall–Kier alpha value is -3.27. The molecule has 2 aromatic rings. The van der Waals surface area contributed by atoms with Crippen LogP contribution < -0.4 is 5.73 Å². The molecule has 2 rings (SSSR count). The van der Waals surface area contributed by atoms with Crippen molar-refractivity contribution < 1.29 is 19.1 Å². The normalized spacial score (nSPS) is 10.0. The minimum absolute atomic E-state index is 0.0298. The van der Waals surface area contributed by atoms with E-state index in [4.69, 9.17) is 20.5 Å². The van der Waals surface area contributed by atoms with Crippen LogP contribution in [0.1, 0.15) is 32.0 Å². The minimum Gasteiger partial charge on any atom is -0.465 e. The quantitative estimate of drug-likeness (QED) is 0.866. The van der Waals surface area contributed by atoms with Gasteiger partial charge in [0.25, 0.3) is 0 Å². The molecule has 0 aliphatic heterocycles. The topological polar surface area (TPSA) is 107 Å². The molecule has 0 spiro atoms. The van der Waals surface area contributed by atoms with Crippen LogP contribution in [0.3, 0.4) is 0 Å². The second-order valence-electron chi connectivity index (χ2n) is 4.77. The van der Waals surface area contributed by atoms with Crippen LogP contribution in [0.2, 0.25) is 0 Å². The molecule has 0 atom stereocenters. The number of anilines is 1. The van der Waals surface area contributed by atoms with Gasteiger partial charge >= 0.3 is 11.9 Å². The number of carbonyl (C=O) groups excluding carboxylic acids is 2. The van der Waals surface area contributed by atoms with Crippen molar-refractivity contribution in [1.29, 1.82) is 5.26 Å². The van der Waals surface area contributed by atoms with Crippen LogP contribution in [0.5, 0.6) is 0 Å². The maximum atomic E-state index is 12.0. The fourth-order valence-corrected chi connectivity index (χ4v) is 2.22. The fraction of sp³-hybridized carbons (Fsp3) is 0.188. The number of ether oxygens (including phenoxy) is 2. The van der Waals surface area contributed by atoms with Crippen molar-refractivity contribution in [2.75, 3.05) is 20.0 Å². The van der Waals surface area contributed by atoms with E-state index in [9.17, 15) is 9.59 Å². The van der Waals surface area contributed by atoms with E-state index in [-0.39, 0.29) is 16.9 Å². The molecular formula is C16H15N3O4. The standard InChI is InChI=1S/C16H15N3O4/c1-9-4-5-10(15(20)22-2)6-12(9)19-8-11(7-17)13(18)14(19)16(21)23-3/h4-6,8H,18H2,1-3H3. The van der Waals surface area contributed by atoms with Crippen LogP contribution in [0, 0.1) is 18.3 Å². The van der Waals surface area contributed by atoms with E-state index in [1.807, 2.05) is 6.07 Å². The van der Waals surface area contributed by atoms with Crippen LogP contribution in [-0.2, 0) is 9.47 Å². The van der Waals surface area contributed by atoms with E-state index in [1.165, 1.54) is 25.0 Å². The Morgan fingerprint density at radius 2 is 1.87 bits per heavy atom. The number of esters is 2. The van der Waals surface area contributed by atoms with Crippen LogP contribution in [0.4, 0.5) is 5.69 Å². The number of rotatable bonds is 3. The highest BCUT2D eigenvalue weighted by atomic mass is 16.5. The number of nitrogens with two attached hydrogens (primary N) is 1. The lowest BCUT2D eigenvalue weighted by molar-refractivity contribution is 0.0588. The molecule has 1 aromatic carbocycles. The van der Waals surface area contributed by atoms with Gasteiger partial charge in [0, 0.05) is 11.9 Å². The predicted molar refractivity (Wildman–Crippen MR) is 82.3 cm³/mol. The van der Waals surface area contributed by atoms with Crippen LogP contribution in [0.15, 0.2) is 24.4 Å². The Labute approximate surface area is 132 Å². The molecule has 1 heterocycles. The molecular weight excluding hydrogens is 298 g/mol. The maximum Gasteiger partial charge on any atom is 0.357 e. The number of nitriles is 1. The van der Waals surface area contributed by atoms with Crippen molar-refractivity contribution in [2.45, 2.75) is 6.92 Å². The number of aryl methyl sites for hydroxylation is 1. The van der Waals surface area contributed by atoms with Gasteiger partial charge in [-0.3, -0.25) is 0 Å². The number of hydrogen-bond acceptors (Lipinski definition) is 6. The van der Waals surface area contributed by atoms with Crippen LogP contribution in [0.25, 0.3) is 5.69 Å². The highest BCUT2D eigenvalue weighted by Gasteiger charge is 2.23. The Morgan fingerprint density at radius 3 is 2.43 bits per heavy atom. The number of hydrogen-bond donors (Lipinski definition) is 1. The van der Waals surface area contributed by atoms with Crippen molar-refractivity contribution in [2.24, 2.45) is 0 Å². The summed E-state index contributed by atoms with van der Waals surface area (Å²) >= 11 is 0.